The Bertz CT molecular complexity index is 850. The van der Waals surface area contributed by atoms with Crippen molar-refractivity contribution >= 4 is 15.8 Å². The SMILES string of the molecule is CN=C(NCc1cccc(-c2ccccn2)c1)NC1CCS(=O)(=O)C1. The molecule has 1 unspecified atom stereocenters. The molecule has 25 heavy (non-hydrogen) atoms. The van der Waals surface area contributed by atoms with Gasteiger partial charge in [0.15, 0.2) is 15.8 Å². The molecular weight excluding hydrogens is 336 g/mol. The predicted molar refractivity (Wildman–Crippen MR) is 100 cm³/mol. The van der Waals surface area contributed by atoms with Gasteiger partial charge < -0.3 is 10.6 Å². The Balaban J connectivity index is 1.61. The Kier molecular flexibility index (Phi) is 5.33. The highest BCUT2D eigenvalue weighted by atomic mass is 32.2. The van der Waals surface area contributed by atoms with Crippen LogP contribution < -0.4 is 10.6 Å². The summed E-state index contributed by atoms with van der Waals surface area (Å²) < 4.78 is 23.1. The van der Waals surface area contributed by atoms with Gasteiger partial charge in [-0.05, 0) is 30.2 Å². The molecule has 1 aliphatic rings. The number of pyridine rings is 1. The predicted octanol–water partition coefficient (Wildman–Crippen LogP) is 1.60. The summed E-state index contributed by atoms with van der Waals surface area (Å²) in [5.41, 5.74) is 3.10. The first-order chi connectivity index (χ1) is 12.1. The molecule has 1 aliphatic heterocycles. The summed E-state index contributed by atoms with van der Waals surface area (Å²) in [6, 6.07) is 13.9. The quantitative estimate of drug-likeness (QED) is 0.641. The number of nitrogens with zero attached hydrogens (tertiary/aromatic N) is 2. The number of nitrogens with one attached hydrogen (secondary N) is 2. The van der Waals surface area contributed by atoms with Crippen LogP contribution in [0.15, 0.2) is 53.7 Å². The highest BCUT2D eigenvalue weighted by molar-refractivity contribution is 7.91. The third kappa shape index (κ3) is 4.79. The van der Waals surface area contributed by atoms with Gasteiger partial charge in [-0.15, -0.1) is 0 Å². The van der Waals surface area contributed by atoms with Crippen LogP contribution in [0.25, 0.3) is 11.3 Å². The molecule has 6 nitrogen and oxygen atoms in total. The fraction of sp³-hybridized carbons (Fsp3) is 0.333. The van der Waals surface area contributed by atoms with Gasteiger partial charge in [0.05, 0.1) is 17.2 Å². The molecular formula is C18H22N4O2S. The van der Waals surface area contributed by atoms with Crippen molar-refractivity contribution in [2.75, 3.05) is 18.6 Å². The average molecular weight is 358 g/mol. The molecule has 0 radical (unpaired) electrons. The maximum Gasteiger partial charge on any atom is 0.191 e. The van der Waals surface area contributed by atoms with E-state index in [1.165, 1.54) is 0 Å². The number of aromatic nitrogens is 1. The van der Waals surface area contributed by atoms with Gasteiger partial charge in [-0.1, -0.05) is 24.3 Å². The molecule has 7 heteroatoms. The van der Waals surface area contributed by atoms with Crippen LogP contribution in [0.3, 0.4) is 0 Å². The molecule has 1 aromatic carbocycles. The minimum Gasteiger partial charge on any atom is -0.353 e. The van der Waals surface area contributed by atoms with Crippen molar-refractivity contribution in [3.05, 3.63) is 54.2 Å². The standard InChI is InChI=1S/C18H22N4O2S/c1-19-18(22-16-8-10-25(23,24)13-16)21-12-14-5-4-6-15(11-14)17-7-2-3-9-20-17/h2-7,9,11,16H,8,10,12-13H2,1H3,(H2,19,21,22). The molecule has 0 bridgehead atoms. The van der Waals surface area contributed by atoms with Crippen LogP contribution in [-0.2, 0) is 16.4 Å². The summed E-state index contributed by atoms with van der Waals surface area (Å²) in [6.45, 7) is 0.597. The molecule has 0 aliphatic carbocycles. The smallest absolute Gasteiger partial charge is 0.191 e. The minimum absolute atomic E-state index is 0.0731. The van der Waals surface area contributed by atoms with Crippen LogP contribution >= 0.6 is 0 Å². The summed E-state index contributed by atoms with van der Waals surface area (Å²) in [4.78, 5) is 8.55. The van der Waals surface area contributed by atoms with Gasteiger partial charge in [0.25, 0.3) is 0 Å². The summed E-state index contributed by atoms with van der Waals surface area (Å²) in [7, 11) is -1.22. The Morgan fingerprint density at radius 1 is 1.28 bits per heavy atom. The number of benzene rings is 1. The molecule has 2 heterocycles. The minimum atomic E-state index is -2.90. The second kappa shape index (κ2) is 7.65. The van der Waals surface area contributed by atoms with Crippen molar-refractivity contribution in [3.63, 3.8) is 0 Å². The van der Waals surface area contributed by atoms with E-state index < -0.39 is 9.84 Å². The van der Waals surface area contributed by atoms with E-state index in [1.54, 1.807) is 13.2 Å². The monoisotopic (exact) mass is 358 g/mol. The molecule has 3 rings (SSSR count). The molecule has 1 atom stereocenters. The molecule has 0 spiro atoms. The lowest BCUT2D eigenvalue weighted by Gasteiger charge is -2.16. The van der Waals surface area contributed by atoms with Gasteiger partial charge in [-0.25, -0.2) is 8.42 Å². The summed E-state index contributed by atoms with van der Waals surface area (Å²) >= 11 is 0. The maximum atomic E-state index is 11.6. The number of sulfone groups is 1. The van der Waals surface area contributed by atoms with Crippen molar-refractivity contribution < 1.29 is 8.42 Å². The summed E-state index contributed by atoms with van der Waals surface area (Å²) in [5, 5.41) is 6.43. The molecule has 1 fully saturated rings. The van der Waals surface area contributed by atoms with Gasteiger partial charge >= 0.3 is 0 Å². The zero-order valence-electron chi connectivity index (χ0n) is 14.1. The van der Waals surface area contributed by atoms with Crippen LogP contribution in [-0.4, -0.2) is 44.0 Å². The second-order valence-electron chi connectivity index (χ2n) is 6.09. The van der Waals surface area contributed by atoms with Crippen molar-refractivity contribution in [3.8, 4) is 11.3 Å². The first kappa shape index (κ1) is 17.4. The van der Waals surface area contributed by atoms with Crippen LogP contribution in [0.4, 0.5) is 0 Å². The van der Waals surface area contributed by atoms with Crippen molar-refractivity contribution in [1.29, 1.82) is 0 Å². The average Bonchev–Trinajstić information content (AvgIpc) is 2.98. The Labute approximate surface area is 148 Å². The second-order valence-corrected chi connectivity index (χ2v) is 8.31. The normalized spacial score (nSPS) is 19.6. The van der Waals surface area contributed by atoms with E-state index in [0.717, 1.165) is 16.8 Å². The zero-order valence-corrected chi connectivity index (χ0v) is 15.0. The molecule has 0 saturated carbocycles. The first-order valence-corrected chi connectivity index (χ1v) is 10.1. The number of rotatable bonds is 4. The molecule has 132 valence electrons. The summed E-state index contributed by atoms with van der Waals surface area (Å²) in [6.07, 6.45) is 2.40. The highest BCUT2D eigenvalue weighted by Gasteiger charge is 2.28. The fourth-order valence-electron chi connectivity index (χ4n) is 2.86. The van der Waals surface area contributed by atoms with E-state index in [2.05, 4.69) is 26.7 Å². The number of guanidine groups is 1. The van der Waals surface area contributed by atoms with Crippen LogP contribution in [0.2, 0.25) is 0 Å². The molecule has 2 N–H and O–H groups in total. The van der Waals surface area contributed by atoms with E-state index in [4.69, 9.17) is 0 Å². The van der Waals surface area contributed by atoms with Gasteiger partial charge in [0.1, 0.15) is 0 Å². The van der Waals surface area contributed by atoms with E-state index in [-0.39, 0.29) is 17.5 Å². The van der Waals surface area contributed by atoms with Gasteiger partial charge in [-0.3, -0.25) is 9.98 Å². The Morgan fingerprint density at radius 2 is 2.16 bits per heavy atom. The van der Waals surface area contributed by atoms with Crippen LogP contribution in [0, 0.1) is 0 Å². The lowest BCUT2D eigenvalue weighted by molar-refractivity contribution is 0.599. The Morgan fingerprint density at radius 3 is 2.84 bits per heavy atom. The number of aliphatic imine (C=N–C) groups is 1. The van der Waals surface area contributed by atoms with E-state index in [9.17, 15) is 8.42 Å². The lowest BCUT2D eigenvalue weighted by atomic mass is 10.1. The first-order valence-electron chi connectivity index (χ1n) is 8.24. The lowest BCUT2D eigenvalue weighted by Crippen LogP contribution is -2.43. The third-order valence-corrected chi connectivity index (χ3v) is 5.91. The van der Waals surface area contributed by atoms with E-state index in [0.29, 0.717) is 18.9 Å². The van der Waals surface area contributed by atoms with Crippen LogP contribution in [0.1, 0.15) is 12.0 Å². The summed E-state index contributed by atoms with van der Waals surface area (Å²) in [5.74, 6) is 1.03. The largest absolute Gasteiger partial charge is 0.353 e. The van der Waals surface area contributed by atoms with Crippen LogP contribution in [0.5, 0.6) is 0 Å². The fourth-order valence-corrected chi connectivity index (χ4v) is 4.53. The van der Waals surface area contributed by atoms with E-state index in [1.807, 2.05) is 36.4 Å². The number of hydrogen-bond donors (Lipinski definition) is 2. The van der Waals surface area contributed by atoms with Crippen molar-refractivity contribution in [1.82, 2.24) is 15.6 Å². The Hall–Kier alpha value is -2.41. The van der Waals surface area contributed by atoms with Crippen molar-refractivity contribution in [2.45, 2.75) is 19.0 Å². The molecule has 0 amide bonds. The van der Waals surface area contributed by atoms with Gasteiger partial charge in [0.2, 0.25) is 0 Å². The highest BCUT2D eigenvalue weighted by Crippen LogP contribution is 2.17. The molecule has 1 aromatic heterocycles. The van der Waals surface area contributed by atoms with E-state index >= 15 is 0 Å². The topological polar surface area (TPSA) is 83.4 Å². The van der Waals surface area contributed by atoms with Gasteiger partial charge in [0, 0.05) is 31.4 Å². The zero-order chi connectivity index (χ0) is 17.7. The van der Waals surface area contributed by atoms with Gasteiger partial charge in [-0.2, -0.15) is 0 Å². The maximum absolute atomic E-state index is 11.6. The number of hydrogen-bond acceptors (Lipinski definition) is 4. The molecule has 2 aromatic rings. The third-order valence-electron chi connectivity index (χ3n) is 4.14. The van der Waals surface area contributed by atoms with Crippen molar-refractivity contribution in [2.24, 2.45) is 4.99 Å². The molecule has 1 saturated heterocycles.